The lowest BCUT2D eigenvalue weighted by Crippen LogP contribution is -2.18. The SMILES string of the molecule is COc1cccc(OP(=O)(O)Oc2cccc(OC)c2)c1.ClCCNCCCl. The predicted octanol–water partition coefficient (Wildman–Crippen LogP) is 4.32. The van der Waals surface area contributed by atoms with Gasteiger partial charge in [0.25, 0.3) is 0 Å². The molecule has 0 radical (unpaired) electrons. The fraction of sp³-hybridized carbons (Fsp3) is 0.333. The minimum atomic E-state index is -4.31. The summed E-state index contributed by atoms with van der Waals surface area (Å²) in [6, 6.07) is 12.7. The molecule has 2 aromatic carbocycles. The van der Waals surface area contributed by atoms with E-state index in [2.05, 4.69) is 5.32 Å². The molecular weight excluding hydrogens is 428 g/mol. The van der Waals surface area contributed by atoms with Crippen LogP contribution in [0.5, 0.6) is 23.0 Å². The summed E-state index contributed by atoms with van der Waals surface area (Å²) in [5, 5.41) is 3.02. The van der Waals surface area contributed by atoms with Gasteiger partial charge in [0.2, 0.25) is 0 Å². The van der Waals surface area contributed by atoms with Crippen LogP contribution in [-0.2, 0) is 4.57 Å². The maximum absolute atomic E-state index is 12.0. The molecule has 0 spiro atoms. The van der Waals surface area contributed by atoms with Crippen LogP contribution in [0.1, 0.15) is 0 Å². The molecular formula is C18H24Cl2NO6P. The molecule has 2 rings (SSSR count). The lowest BCUT2D eigenvalue weighted by Gasteiger charge is -2.14. The first-order valence-electron chi connectivity index (χ1n) is 8.27. The van der Waals surface area contributed by atoms with Gasteiger partial charge in [-0.05, 0) is 24.3 Å². The number of alkyl halides is 2. The Kier molecular flexibility index (Phi) is 11.8. The molecule has 2 N–H and O–H groups in total. The number of ether oxygens (including phenoxy) is 2. The standard InChI is InChI=1S/C14H15O6P.C4H9Cl2N/c1-17-11-5-3-7-13(9-11)19-21(15,16)20-14-8-4-6-12(10-14)18-2;5-1-3-7-4-2-6/h3-10H,1-2H3,(H,15,16);7H,1-4H2. The fourth-order valence-corrected chi connectivity index (χ4v) is 2.92. The molecule has 0 atom stereocenters. The lowest BCUT2D eigenvalue weighted by molar-refractivity contribution is 0.289. The maximum Gasteiger partial charge on any atom is 0.584 e. The van der Waals surface area contributed by atoms with E-state index in [1.165, 1.54) is 38.5 Å². The predicted molar refractivity (Wildman–Crippen MR) is 111 cm³/mol. The number of methoxy groups -OCH3 is 2. The van der Waals surface area contributed by atoms with Crippen molar-refractivity contribution in [2.75, 3.05) is 39.1 Å². The zero-order valence-corrected chi connectivity index (χ0v) is 18.0. The zero-order valence-electron chi connectivity index (χ0n) is 15.6. The molecule has 0 saturated heterocycles. The highest BCUT2D eigenvalue weighted by Gasteiger charge is 2.25. The van der Waals surface area contributed by atoms with Crippen molar-refractivity contribution in [3.05, 3.63) is 48.5 Å². The Morgan fingerprint density at radius 3 is 1.61 bits per heavy atom. The molecule has 2 aromatic rings. The van der Waals surface area contributed by atoms with Gasteiger partial charge < -0.3 is 23.8 Å². The Balaban J connectivity index is 0.000000480. The first-order chi connectivity index (χ1) is 13.4. The first kappa shape index (κ1) is 24.4. The number of hydrogen-bond donors (Lipinski definition) is 2. The number of nitrogens with one attached hydrogen (secondary N) is 1. The minimum absolute atomic E-state index is 0.170. The van der Waals surface area contributed by atoms with Crippen molar-refractivity contribution in [3.8, 4) is 23.0 Å². The van der Waals surface area contributed by atoms with Crippen LogP contribution in [-0.4, -0.2) is 44.0 Å². The van der Waals surface area contributed by atoms with E-state index in [1.54, 1.807) is 24.3 Å². The van der Waals surface area contributed by atoms with Gasteiger partial charge >= 0.3 is 7.82 Å². The summed E-state index contributed by atoms with van der Waals surface area (Å²) in [4.78, 5) is 9.78. The number of phosphoric ester groups is 1. The van der Waals surface area contributed by atoms with Gasteiger partial charge in [-0.2, -0.15) is 0 Å². The number of hydrogen-bond acceptors (Lipinski definition) is 6. The van der Waals surface area contributed by atoms with E-state index in [1.807, 2.05) is 0 Å². The molecule has 0 heterocycles. The van der Waals surface area contributed by atoms with E-state index < -0.39 is 7.82 Å². The van der Waals surface area contributed by atoms with Crippen molar-refractivity contribution in [2.24, 2.45) is 0 Å². The normalized spacial score (nSPS) is 10.5. The van der Waals surface area contributed by atoms with Gasteiger partial charge in [0.1, 0.15) is 23.0 Å². The Bertz CT molecular complexity index is 692. The Labute approximate surface area is 175 Å². The monoisotopic (exact) mass is 451 g/mol. The van der Waals surface area contributed by atoms with E-state index in [9.17, 15) is 9.46 Å². The Morgan fingerprint density at radius 1 is 0.857 bits per heavy atom. The van der Waals surface area contributed by atoms with E-state index in [0.717, 1.165) is 13.1 Å². The van der Waals surface area contributed by atoms with Crippen LogP contribution >= 0.6 is 31.0 Å². The average molecular weight is 452 g/mol. The zero-order chi connectivity index (χ0) is 20.8. The van der Waals surface area contributed by atoms with Gasteiger partial charge in [0, 0.05) is 37.0 Å². The summed E-state index contributed by atoms with van der Waals surface area (Å²) in [6.45, 7) is 1.71. The van der Waals surface area contributed by atoms with Crippen molar-refractivity contribution in [2.45, 2.75) is 0 Å². The molecule has 0 aliphatic heterocycles. The van der Waals surface area contributed by atoms with Gasteiger partial charge in [0.05, 0.1) is 14.2 Å². The molecule has 0 aliphatic rings. The van der Waals surface area contributed by atoms with E-state index in [0.29, 0.717) is 23.3 Å². The minimum Gasteiger partial charge on any atom is -0.497 e. The van der Waals surface area contributed by atoms with Crippen molar-refractivity contribution >= 4 is 31.0 Å². The number of benzene rings is 2. The highest BCUT2D eigenvalue weighted by molar-refractivity contribution is 7.48. The van der Waals surface area contributed by atoms with Gasteiger partial charge in [-0.15, -0.1) is 23.2 Å². The first-order valence-corrected chi connectivity index (χ1v) is 10.8. The Morgan fingerprint density at radius 2 is 1.25 bits per heavy atom. The van der Waals surface area contributed by atoms with Crippen molar-refractivity contribution in [3.63, 3.8) is 0 Å². The number of phosphoric acid groups is 1. The van der Waals surface area contributed by atoms with Crippen LogP contribution < -0.4 is 23.8 Å². The highest BCUT2D eigenvalue weighted by Crippen LogP contribution is 2.45. The second-order valence-electron chi connectivity index (χ2n) is 5.14. The second kappa shape index (κ2) is 13.5. The summed E-state index contributed by atoms with van der Waals surface area (Å²) >= 11 is 10.7. The van der Waals surface area contributed by atoms with E-state index in [4.69, 9.17) is 41.7 Å². The Hall–Kier alpha value is -1.63. The topological polar surface area (TPSA) is 86.3 Å². The molecule has 0 bridgehead atoms. The van der Waals surface area contributed by atoms with Gasteiger partial charge in [-0.1, -0.05) is 12.1 Å². The van der Waals surface area contributed by atoms with Crippen LogP contribution in [0.4, 0.5) is 0 Å². The van der Waals surface area contributed by atoms with Crippen molar-refractivity contribution < 1.29 is 28.0 Å². The molecule has 28 heavy (non-hydrogen) atoms. The summed E-state index contributed by atoms with van der Waals surface area (Å²) in [5.41, 5.74) is 0. The van der Waals surface area contributed by atoms with Gasteiger partial charge in [0.15, 0.2) is 0 Å². The van der Waals surface area contributed by atoms with E-state index in [-0.39, 0.29) is 11.5 Å². The summed E-state index contributed by atoms with van der Waals surface area (Å²) in [6.07, 6.45) is 0. The van der Waals surface area contributed by atoms with Crippen molar-refractivity contribution in [1.29, 1.82) is 0 Å². The number of halogens is 2. The molecule has 0 aliphatic carbocycles. The van der Waals surface area contributed by atoms with Crippen LogP contribution in [0, 0.1) is 0 Å². The van der Waals surface area contributed by atoms with Crippen LogP contribution in [0.3, 0.4) is 0 Å². The summed E-state index contributed by atoms with van der Waals surface area (Å²) in [5.74, 6) is 2.68. The third-order valence-electron chi connectivity index (χ3n) is 3.07. The second-order valence-corrected chi connectivity index (χ2v) is 7.20. The van der Waals surface area contributed by atoms with E-state index >= 15 is 0 Å². The molecule has 10 heteroatoms. The fourth-order valence-electron chi connectivity index (χ4n) is 1.86. The average Bonchev–Trinajstić information content (AvgIpc) is 2.68. The van der Waals surface area contributed by atoms with Crippen LogP contribution in [0.15, 0.2) is 48.5 Å². The summed E-state index contributed by atoms with van der Waals surface area (Å²) < 4.78 is 32.0. The third kappa shape index (κ3) is 10.1. The highest BCUT2D eigenvalue weighted by atomic mass is 35.5. The molecule has 0 amide bonds. The number of rotatable bonds is 10. The van der Waals surface area contributed by atoms with Gasteiger partial charge in [-0.3, -0.25) is 4.89 Å². The smallest absolute Gasteiger partial charge is 0.497 e. The largest absolute Gasteiger partial charge is 0.584 e. The molecule has 7 nitrogen and oxygen atoms in total. The maximum atomic E-state index is 12.0. The summed E-state index contributed by atoms with van der Waals surface area (Å²) in [7, 11) is -1.33. The van der Waals surface area contributed by atoms with Crippen molar-refractivity contribution in [1.82, 2.24) is 5.32 Å². The third-order valence-corrected chi connectivity index (χ3v) is 4.33. The van der Waals surface area contributed by atoms with Crippen LogP contribution in [0.2, 0.25) is 0 Å². The van der Waals surface area contributed by atoms with Crippen LogP contribution in [0.25, 0.3) is 0 Å². The molecule has 0 fully saturated rings. The lowest BCUT2D eigenvalue weighted by atomic mass is 10.3. The molecule has 0 aromatic heterocycles. The van der Waals surface area contributed by atoms with Gasteiger partial charge in [-0.25, -0.2) is 4.57 Å². The molecule has 0 unspecified atom stereocenters. The quantitative estimate of drug-likeness (QED) is 0.316. The molecule has 156 valence electrons. The molecule has 0 saturated carbocycles.